The molecular formula is C62H54BiF3Ge2O4. The molecule has 0 saturated heterocycles. The van der Waals surface area contributed by atoms with Gasteiger partial charge in [-0.3, -0.25) is 0 Å². The Kier molecular flexibility index (Phi) is 15.3. The molecule has 9 aromatic carbocycles. The third-order valence-corrected chi connectivity index (χ3v) is 54.3. The van der Waals surface area contributed by atoms with Gasteiger partial charge in [-0.1, -0.05) is 0 Å². The monoisotopic (exact) mass is 1280 g/mol. The van der Waals surface area contributed by atoms with Gasteiger partial charge in [0.05, 0.1) is 0 Å². The van der Waals surface area contributed by atoms with Crippen LogP contribution in [0.3, 0.4) is 0 Å². The first-order valence-corrected chi connectivity index (χ1v) is 41.4. The average molecular weight is 1270 g/mol. The Balaban J connectivity index is 1.26. The summed E-state index contributed by atoms with van der Waals surface area (Å²) < 4.78 is 68.4. The number of hydrogen-bond acceptors (Lipinski definition) is 4. The van der Waals surface area contributed by atoms with Gasteiger partial charge in [0, 0.05) is 0 Å². The Bertz CT molecular complexity index is 2770. The van der Waals surface area contributed by atoms with E-state index in [1.165, 1.54) is 72.8 Å². The van der Waals surface area contributed by atoms with Crippen LogP contribution in [0, 0.1) is 29.3 Å². The van der Waals surface area contributed by atoms with E-state index in [0.717, 1.165) is 26.4 Å². The summed E-state index contributed by atoms with van der Waals surface area (Å²) in [5.41, 5.74) is 0. The Morgan fingerprint density at radius 2 is 0.542 bits per heavy atom. The van der Waals surface area contributed by atoms with Crippen molar-refractivity contribution in [3.05, 3.63) is 272 Å². The molecule has 0 amide bonds. The molecule has 0 bridgehead atoms. The molecule has 4 nitrogen and oxygen atoms in total. The quantitative estimate of drug-likeness (QED) is 0.0864. The number of rotatable bonds is 17. The Morgan fingerprint density at radius 3 is 0.736 bits per heavy atom. The van der Waals surface area contributed by atoms with Crippen molar-refractivity contribution in [2.45, 2.75) is 24.4 Å². The second-order valence-corrected chi connectivity index (χ2v) is 49.9. The molecule has 2 atom stereocenters. The van der Waals surface area contributed by atoms with E-state index in [1.54, 1.807) is 0 Å². The molecule has 2 unspecified atom stereocenters. The predicted octanol–water partition coefficient (Wildman–Crippen LogP) is 8.22. The first-order chi connectivity index (χ1) is 35.0. The maximum absolute atomic E-state index is 16.0. The summed E-state index contributed by atoms with van der Waals surface area (Å²) in [6, 6.07) is 78.1. The number of carbonyl (C=O) groups is 2. The van der Waals surface area contributed by atoms with E-state index < -0.39 is 87.4 Å². The molecule has 0 aliphatic heterocycles. The molecule has 0 N–H and O–H groups in total. The van der Waals surface area contributed by atoms with Crippen LogP contribution in [-0.4, -0.2) is 58.1 Å². The third kappa shape index (κ3) is 9.57. The number of benzene rings is 9. The van der Waals surface area contributed by atoms with E-state index in [9.17, 15) is 0 Å². The van der Waals surface area contributed by atoms with Gasteiger partial charge in [0.2, 0.25) is 0 Å². The zero-order valence-electron chi connectivity index (χ0n) is 40.0. The summed E-state index contributed by atoms with van der Waals surface area (Å²) in [7, 11) is 0. The standard InChI is InChI=1S/2C22H22GeO2.3C6H4F.Bi/c2*1-18(22(24)25)17-23(19-11-5-2-6-12-19,20-13-7-3-8-14-20)21-15-9-4-10-16-21;3*7-6-4-2-1-3-5-6;/h2*2-16,18H,17H2,1H3,(H,24,25);3*2-5H;/q;;;;;+2/p-2. The van der Waals surface area contributed by atoms with E-state index in [4.69, 9.17) is 5.63 Å². The summed E-state index contributed by atoms with van der Waals surface area (Å²) in [6.45, 7) is 3.68. The van der Waals surface area contributed by atoms with Crippen LogP contribution in [0.4, 0.5) is 13.2 Å². The normalized spacial score (nSPS) is 13.2. The predicted molar refractivity (Wildman–Crippen MR) is 292 cm³/mol. The SMILES string of the molecule is CC([CH2][Ge]([c]1ccccc1)([c]1ccccc1)[c]1ccccc1)C(=O)[O][Bi]([O]C(=O)C(C)[CH2][Ge]([c]1ccccc1)([c]1ccccc1)[c]1ccccc1)([c]1ccc(F)cc1)([c]1ccc(F)cc1)[c]1ccc(F)cc1. The number of halogens is 3. The molecule has 9 aromatic rings. The molecule has 10 heteroatoms. The van der Waals surface area contributed by atoms with Gasteiger partial charge in [-0.25, -0.2) is 0 Å². The van der Waals surface area contributed by atoms with Crippen molar-refractivity contribution in [2.24, 2.45) is 11.8 Å². The second-order valence-electron chi connectivity index (χ2n) is 18.4. The van der Waals surface area contributed by atoms with E-state index in [0.29, 0.717) is 10.5 Å². The third-order valence-electron chi connectivity index (χ3n) is 14.0. The van der Waals surface area contributed by atoms with Crippen LogP contribution in [0.15, 0.2) is 255 Å². The van der Waals surface area contributed by atoms with Gasteiger partial charge in [-0.05, 0) is 0 Å². The van der Waals surface area contributed by atoms with Gasteiger partial charge in [-0.2, -0.15) is 0 Å². The fourth-order valence-corrected chi connectivity index (χ4v) is 50.1. The molecule has 0 aromatic heterocycles. The average Bonchev–Trinajstić information content (AvgIpc) is 3.43. The zero-order valence-corrected chi connectivity index (χ0v) is 47.7. The molecule has 0 aliphatic rings. The van der Waals surface area contributed by atoms with E-state index in [2.05, 4.69) is 72.8 Å². The fourth-order valence-electron chi connectivity index (χ4n) is 10.6. The van der Waals surface area contributed by atoms with Gasteiger partial charge in [0.25, 0.3) is 0 Å². The van der Waals surface area contributed by atoms with Crippen molar-refractivity contribution >= 4 is 94.3 Å². The first-order valence-electron chi connectivity index (χ1n) is 24.1. The summed E-state index contributed by atoms with van der Waals surface area (Å²) in [4.78, 5) is 32.1. The second kappa shape index (κ2) is 21.8. The van der Waals surface area contributed by atoms with Crippen molar-refractivity contribution < 1.29 is 28.4 Å². The molecule has 0 fully saturated rings. The van der Waals surface area contributed by atoms with Crippen LogP contribution in [0.1, 0.15) is 13.8 Å². The van der Waals surface area contributed by atoms with Crippen molar-refractivity contribution in [3.8, 4) is 0 Å². The van der Waals surface area contributed by atoms with Crippen LogP contribution in [0.5, 0.6) is 0 Å². The zero-order chi connectivity index (χ0) is 50.2. The Hall–Kier alpha value is -6.32. The number of hydrogen-bond donors (Lipinski definition) is 0. The molecule has 9 rings (SSSR count). The van der Waals surface area contributed by atoms with Crippen LogP contribution in [0.2, 0.25) is 10.5 Å². The first kappa shape index (κ1) is 50.6. The molecule has 0 aliphatic carbocycles. The molecule has 72 heavy (non-hydrogen) atoms. The Labute approximate surface area is 427 Å². The van der Waals surface area contributed by atoms with Crippen LogP contribution in [-0.2, 0) is 15.2 Å². The van der Waals surface area contributed by atoms with Crippen LogP contribution < -0.4 is 36.2 Å². The van der Waals surface area contributed by atoms with Gasteiger partial charge < -0.3 is 0 Å². The Morgan fingerprint density at radius 1 is 0.347 bits per heavy atom. The molecular weight excluding hydrogens is 1220 g/mol. The van der Waals surface area contributed by atoms with Gasteiger partial charge in [-0.15, -0.1) is 0 Å². The van der Waals surface area contributed by atoms with Gasteiger partial charge >= 0.3 is 431 Å². The minimum absolute atomic E-state index is 0.241. The molecule has 0 radical (unpaired) electrons. The van der Waals surface area contributed by atoms with Crippen molar-refractivity contribution in [3.63, 3.8) is 0 Å². The van der Waals surface area contributed by atoms with E-state index >= 15 is 22.8 Å². The van der Waals surface area contributed by atoms with Crippen LogP contribution >= 0.6 is 0 Å². The topological polar surface area (TPSA) is 52.6 Å². The van der Waals surface area contributed by atoms with E-state index in [-0.39, 0.29) is 9.81 Å². The van der Waals surface area contributed by atoms with Gasteiger partial charge in [0.15, 0.2) is 0 Å². The summed E-state index contributed by atoms with van der Waals surface area (Å²) in [6.07, 6.45) is 0. The van der Waals surface area contributed by atoms with Crippen molar-refractivity contribution in [2.75, 3.05) is 0 Å². The summed E-state index contributed by atoms with van der Waals surface area (Å²) >= 11 is -15.0. The summed E-state index contributed by atoms with van der Waals surface area (Å²) in [5.74, 6) is -4.74. The van der Waals surface area contributed by atoms with Gasteiger partial charge in [0.1, 0.15) is 0 Å². The summed E-state index contributed by atoms with van der Waals surface area (Å²) in [5, 5.41) is 0.759. The number of carbonyl (C=O) groups excluding carboxylic acids is 2. The molecule has 0 saturated carbocycles. The van der Waals surface area contributed by atoms with Crippen molar-refractivity contribution in [1.29, 1.82) is 0 Å². The molecule has 0 spiro atoms. The maximum atomic E-state index is 16.0. The van der Waals surface area contributed by atoms with Crippen molar-refractivity contribution in [1.82, 2.24) is 0 Å². The fraction of sp³-hybridized carbons (Fsp3) is 0.0968. The van der Waals surface area contributed by atoms with E-state index in [1.807, 2.05) is 123 Å². The molecule has 360 valence electrons. The van der Waals surface area contributed by atoms with Crippen LogP contribution in [0.25, 0.3) is 0 Å². The minimum atomic E-state index is -7.20. The molecule has 0 heterocycles.